The standard InChI is InChI=1S/C25H23ClF2N4O5S/c1-37-23-16(15-5-3-4-6-18(15)31-38(2,35)36)8-10-21(22(23)28)32-12-11-20(24(32)33)30-25(34)29-19-9-7-14(26)13-17(19)27/h3-10,13,20,31H,11-12H2,1-2H3,(H2,29,30,34)/t20-/m1/s1. The Labute approximate surface area is 222 Å². The molecule has 1 aliphatic heterocycles. The highest BCUT2D eigenvalue weighted by atomic mass is 35.5. The lowest BCUT2D eigenvalue weighted by atomic mass is 10.0. The molecule has 0 saturated carbocycles. The molecule has 3 N–H and O–H groups in total. The first-order valence-corrected chi connectivity index (χ1v) is 13.5. The lowest BCUT2D eigenvalue weighted by Crippen LogP contribution is -2.43. The van der Waals surface area contributed by atoms with Crippen molar-refractivity contribution in [1.29, 1.82) is 0 Å². The van der Waals surface area contributed by atoms with E-state index in [4.69, 9.17) is 16.3 Å². The number of hydrogen-bond donors (Lipinski definition) is 3. The van der Waals surface area contributed by atoms with Crippen LogP contribution < -0.4 is 25.0 Å². The number of carbonyl (C=O) groups is 2. The molecule has 9 nitrogen and oxygen atoms in total. The van der Waals surface area contributed by atoms with Gasteiger partial charge in [0.2, 0.25) is 15.9 Å². The van der Waals surface area contributed by atoms with Gasteiger partial charge in [0, 0.05) is 22.7 Å². The zero-order valence-corrected chi connectivity index (χ0v) is 21.8. The summed E-state index contributed by atoms with van der Waals surface area (Å²) in [6.07, 6.45) is 1.18. The number of para-hydroxylation sites is 1. The van der Waals surface area contributed by atoms with Crippen LogP contribution in [0.15, 0.2) is 54.6 Å². The molecule has 3 aromatic carbocycles. The van der Waals surface area contributed by atoms with Gasteiger partial charge in [0.1, 0.15) is 11.9 Å². The molecule has 1 saturated heterocycles. The number of sulfonamides is 1. The topological polar surface area (TPSA) is 117 Å². The monoisotopic (exact) mass is 564 g/mol. The summed E-state index contributed by atoms with van der Waals surface area (Å²) in [5, 5.41) is 4.95. The normalized spacial score (nSPS) is 15.3. The Morgan fingerprint density at radius 1 is 1.08 bits per heavy atom. The fourth-order valence-corrected chi connectivity index (χ4v) is 4.87. The zero-order chi connectivity index (χ0) is 27.6. The number of ether oxygens (including phenoxy) is 1. The fraction of sp³-hybridized carbons (Fsp3) is 0.200. The average Bonchev–Trinajstić information content (AvgIpc) is 3.19. The number of anilines is 3. The second kappa shape index (κ2) is 10.8. The minimum absolute atomic E-state index is 0.0717. The van der Waals surface area contributed by atoms with Crippen molar-refractivity contribution in [3.05, 3.63) is 71.3 Å². The van der Waals surface area contributed by atoms with E-state index in [1.807, 2.05) is 0 Å². The smallest absolute Gasteiger partial charge is 0.319 e. The van der Waals surface area contributed by atoms with Crippen LogP contribution in [0.3, 0.4) is 0 Å². The summed E-state index contributed by atoms with van der Waals surface area (Å²) in [5.74, 6) is -2.33. The van der Waals surface area contributed by atoms with Gasteiger partial charge in [0.05, 0.1) is 30.4 Å². The van der Waals surface area contributed by atoms with Crippen LogP contribution in [0, 0.1) is 11.6 Å². The molecule has 3 aromatic rings. The van der Waals surface area contributed by atoms with Crippen molar-refractivity contribution < 1.29 is 31.5 Å². The first-order valence-electron chi connectivity index (χ1n) is 11.3. The Kier molecular flexibility index (Phi) is 7.74. The molecule has 13 heteroatoms. The molecule has 4 rings (SSSR count). The summed E-state index contributed by atoms with van der Waals surface area (Å²) in [6.45, 7) is 0.102. The van der Waals surface area contributed by atoms with Crippen molar-refractivity contribution in [3.8, 4) is 16.9 Å². The largest absolute Gasteiger partial charge is 0.493 e. The molecule has 0 bridgehead atoms. The molecule has 0 aliphatic carbocycles. The summed E-state index contributed by atoms with van der Waals surface area (Å²) in [7, 11) is -2.35. The molecule has 0 spiro atoms. The van der Waals surface area contributed by atoms with Gasteiger partial charge in [-0.1, -0.05) is 29.8 Å². The summed E-state index contributed by atoms with van der Waals surface area (Å²) < 4.78 is 60.9. The molecule has 0 unspecified atom stereocenters. The van der Waals surface area contributed by atoms with E-state index >= 15 is 4.39 Å². The van der Waals surface area contributed by atoms with Gasteiger partial charge in [-0.3, -0.25) is 9.52 Å². The number of methoxy groups -OCH3 is 1. The van der Waals surface area contributed by atoms with Gasteiger partial charge in [0.15, 0.2) is 11.6 Å². The predicted molar refractivity (Wildman–Crippen MR) is 141 cm³/mol. The Morgan fingerprint density at radius 3 is 2.50 bits per heavy atom. The van der Waals surface area contributed by atoms with Crippen LogP contribution in [0.1, 0.15) is 6.42 Å². The number of urea groups is 1. The minimum Gasteiger partial charge on any atom is -0.493 e. The Hall–Kier alpha value is -3.90. The van der Waals surface area contributed by atoms with Crippen molar-refractivity contribution in [2.75, 3.05) is 34.8 Å². The molecular formula is C25H23ClF2N4O5S. The van der Waals surface area contributed by atoms with Gasteiger partial charge in [-0.2, -0.15) is 0 Å². The fourth-order valence-electron chi connectivity index (χ4n) is 4.13. The van der Waals surface area contributed by atoms with Crippen LogP contribution in [-0.2, 0) is 14.8 Å². The van der Waals surface area contributed by atoms with Gasteiger partial charge in [-0.25, -0.2) is 22.0 Å². The van der Waals surface area contributed by atoms with Gasteiger partial charge in [-0.05, 0) is 42.8 Å². The first kappa shape index (κ1) is 27.1. The van der Waals surface area contributed by atoms with Gasteiger partial charge >= 0.3 is 6.03 Å². The highest BCUT2D eigenvalue weighted by Crippen LogP contribution is 2.41. The SMILES string of the molecule is COc1c(-c2ccccc2NS(C)(=O)=O)ccc(N2CC[C@@H](NC(=O)Nc3ccc(Cl)cc3F)C2=O)c1F. The van der Waals surface area contributed by atoms with E-state index in [1.165, 1.54) is 42.3 Å². The van der Waals surface area contributed by atoms with E-state index in [0.717, 1.165) is 12.3 Å². The molecule has 1 fully saturated rings. The Morgan fingerprint density at radius 2 is 1.82 bits per heavy atom. The number of halogens is 3. The van der Waals surface area contributed by atoms with Gasteiger partial charge in [-0.15, -0.1) is 0 Å². The maximum Gasteiger partial charge on any atom is 0.319 e. The second-order valence-corrected chi connectivity index (χ2v) is 10.6. The lowest BCUT2D eigenvalue weighted by molar-refractivity contribution is -0.118. The molecule has 1 heterocycles. The molecule has 3 amide bonds. The number of carbonyl (C=O) groups excluding carboxylic acids is 2. The van der Waals surface area contributed by atoms with Crippen LogP contribution >= 0.6 is 11.6 Å². The molecule has 0 radical (unpaired) electrons. The first-order chi connectivity index (χ1) is 18.0. The summed E-state index contributed by atoms with van der Waals surface area (Å²) in [4.78, 5) is 26.6. The number of nitrogens with zero attached hydrogens (tertiary/aromatic N) is 1. The van der Waals surface area contributed by atoms with E-state index < -0.39 is 39.6 Å². The van der Waals surface area contributed by atoms with Crippen LogP contribution in [0.2, 0.25) is 5.02 Å². The van der Waals surface area contributed by atoms with Crippen molar-refractivity contribution in [1.82, 2.24) is 5.32 Å². The maximum atomic E-state index is 15.7. The minimum atomic E-state index is -3.61. The summed E-state index contributed by atoms with van der Waals surface area (Å²) in [6, 6.07) is 11.3. The van der Waals surface area contributed by atoms with Crippen molar-refractivity contribution in [3.63, 3.8) is 0 Å². The van der Waals surface area contributed by atoms with Crippen molar-refractivity contribution >= 4 is 50.6 Å². The molecule has 38 heavy (non-hydrogen) atoms. The third-order valence-electron chi connectivity index (χ3n) is 5.77. The lowest BCUT2D eigenvalue weighted by Gasteiger charge is -2.21. The molecular weight excluding hydrogens is 542 g/mol. The molecule has 1 atom stereocenters. The third kappa shape index (κ3) is 5.81. The van der Waals surface area contributed by atoms with Crippen molar-refractivity contribution in [2.45, 2.75) is 12.5 Å². The van der Waals surface area contributed by atoms with Crippen LogP contribution in [0.25, 0.3) is 11.1 Å². The number of amides is 3. The number of hydrogen-bond acceptors (Lipinski definition) is 5. The highest BCUT2D eigenvalue weighted by molar-refractivity contribution is 7.92. The van der Waals surface area contributed by atoms with E-state index in [1.54, 1.807) is 18.2 Å². The van der Waals surface area contributed by atoms with Gasteiger partial charge < -0.3 is 20.3 Å². The van der Waals surface area contributed by atoms with Crippen molar-refractivity contribution in [2.24, 2.45) is 0 Å². The number of benzene rings is 3. The number of nitrogens with one attached hydrogen (secondary N) is 3. The Balaban J connectivity index is 1.56. The molecule has 0 aromatic heterocycles. The average molecular weight is 565 g/mol. The molecule has 200 valence electrons. The van der Waals surface area contributed by atoms with Crippen LogP contribution in [0.5, 0.6) is 5.75 Å². The summed E-state index contributed by atoms with van der Waals surface area (Å²) in [5.41, 5.74) is 0.679. The van der Waals surface area contributed by atoms with E-state index in [-0.39, 0.29) is 46.4 Å². The van der Waals surface area contributed by atoms with E-state index in [9.17, 15) is 22.4 Å². The second-order valence-electron chi connectivity index (χ2n) is 8.45. The Bertz CT molecular complexity index is 1520. The third-order valence-corrected chi connectivity index (χ3v) is 6.60. The van der Waals surface area contributed by atoms with Crippen LogP contribution in [-0.4, -0.2) is 46.3 Å². The predicted octanol–water partition coefficient (Wildman–Crippen LogP) is 4.59. The number of rotatable bonds is 7. The van der Waals surface area contributed by atoms with E-state index in [0.29, 0.717) is 5.56 Å². The van der Waals surface area contributed by atoms with Gasteiger partial charge in [0.25, 0.3) is 0 Å². The maximum absolute atomic E-state index is 15.7. The van der Waals surface area contributed by atoms with E-state index in [2.05, 4.69) is 15.4 Å². The molecule has 1 aliphatic rings. The highest BCUT2D eigenvalue weighted by Gasteiger charge is 2.36. The quantitative estimate of drug-likeness (QED) is 0.388. The summed E-state index contributed by atoms with van der Waals surface area (Å²) >= 11 is 5.71. The van der Waals surface area contributed by atoms with Crippen LogP contribution in [0.4, 0.5) is 30.6 Å². The zero-order valence-electron chi connectivity index (χ0n) is 20.2.